The minimum atomic E-state index is -4.06. The van der Waals surface area contributed by atoms with Gasteiger partial charge in [-0.05, 0) is 47.8 Å². The number of methoxy groups -OCH3 is 1. The third-order valence-corrected chi connectivity index (χ3v) is 6.92. The van der Waals surface area contributed by atoms with Crippen LogP contribution in [0.15, 0.2) is 64.9 Å². The monoisotopic (exact) mass is 463 g/mol. The van der Waals surface area contributed by atoms with Gasteiger partial charge in [-0.2, -0.15) is 8.78 Å². The van der Waals surface area contributed by atoms with Crippen LogP contribution in [0.25, 0.3) is 22.4 Å². The van der Waals surface area contributed by atoms with Crippen LogP contribution in [0, 0.1) is 0 Å². The molecular formula is C20H15F2N3O4S2. The molecule has 2 aromatic carbocycles. The molecule has 0 saturated heterocycles. The van der Waals surface area contributed by atoms with Crippen LogP contribution in [0.2, 0.25) is 0 Å². The van der Waals surface area contributed by atoms with Gasteiger partial charge in [0.15, 0.2) is 0 Å². The first-order chi connectivity index (χ1) is 14.8. The Bertz CT molecular complexity index is 1360. The van der Waals surface area contributed by atoms with Crippen LogP contribution in [0.1, 0.15) is 16.2 Å². The minimum Gasteiger partial charge on any atom is -0.465 e. The number of aromatic nitrogens is 2. The SMILES string of the molecule is COC(=O)c1sccc1S(=O)(=O)Nc1ccc(-c2nc3ccccc3n2C(F)F)cc1. The summed E-state index contributed by atoms with van der Waals surface area (Å²) in [5, 5.41) is 1.47. The molecule has 0 saturated carbocycles. The molecule has 0 unspecified atom stereocenters. The quantitative estimate of drug-likeness (QED) is 0.417. The molecule has 4 rings (SSSR count). The summed E-state index contributed by atoms with van der Waals surface area (Å²) in [6.45, 7) is -2.80. The Balaban J connectivity index is 1.66. The number of carbonyl (C=O) groups excluding carboxylic acids is 1. The molecule has 160 valence electrons. The largest absolute Gasteiger partial charge is 0.465 e. The highest BCUT2D eigenvalue weighted by atomic mass is 32.2. The van der Waals surface area contributed by atoms with Crippen LogP contribution in [0.4, 0.5) is 14.5 Å². The van der Waals surface area contributed by atoms with E-state index in [1.165, 1.54) is 35.7 Å². The van der Waals surface area contributed by atoms with E-state index in [1.54, 1.807) is 24.3 Å². The van der Waals surface area contributed by atoms with Crippen LogP contribution < -0.4 is 4.72 Å². The fourth-order valence-corrected chi connectivity index (χ4v) is 5.49. The molecule has 0 bridgehead atoms. The van der Waals surface area contributed by atoms with Gasteiger partial charge in [-0.25, -0.2) is 18.2 Å². The van der Waals surface area contributed by atoms with Crippen molar-refractivity contribution in [2.45, 2.75) is 11.4 Å². The standard InChI is InChI=1S/C20H15F2N3O4S2/c1-29-19(26)17-16(10-11-30-17)31(27,28)24-13-8-6-12(7-9-13)18-23-14-4-2-3-5-15(14)25(18)20(21)22/h2-11,20,24H,1H3. The van der Waals surface area contributed by atoms with Crippen LogP contribution in [0.5, 0.6) is 0 Å². The van der Waals surface area contributed by atoms with Crippen molar-refractivity contribution in [3.8, 4) is 11.4 Å². The Morgan fingerprint density at radius 3 is 2.52 bits per heavy atom. The molecule has 0 atom stereocenters. The van der Waals surface area contributed by atoms with Crippen molar-refractivity contribution >= 4 is 44.1 Å². The average molecular weight is 463 g/mol. The summed E-state index contributed by atoms with van der Waals surface area (Å²) in [4.78, 5) is 15.8. The minimum absolute atomic E-state index is 0.0442. The van der Waals surface area contributed by atoms with Gasteiger partial charge in [-0.1, -0.05) is 12.1 Å². The molecule has 0 radical (unpaired) electrons. The average Bonchev–Trinajstić information content (AvgIpc) is 3.39. The second kappa shape index (κ2) is 8.08. The predicted molar refractivity (Wildman–Crippen MR) is 113 cm³/mol. The fraction of sp³-hybridized carbons (Fsp3) is 0.100. The van der Waals surface area contributed by atoms with Crippen molar-refractivity contribution < 1.29 is 26.7 Å². The van der Waals surface area contributed by atoms with Gasteiger partial charge < -0.3 is 4.74 Å². The van der Waals surface area contributed by atoms with E-state index < -0.39 is 22.5 Å². The van der Waals surface area contributed by atoms with E-state index in [2.05, 4.69) is 14.4 Å². The number of esters is 1. The summed E-state index contributed by atoms with van der Waals surface area (Å²) in [5.74, 6) is -0.687. The lowest BCUT2D eigenvalue weighted by atomic mass is 10.2. The first-order valence-corrected chi connectivity index (χ1v) is 11.2. The summed E-state index contributed by atoms with van der Waals surface area (Å²) in [7, 11) is -2.89. The lowest BCUT2D eigenvalue weighted by Crippen LogP contribution is -2.15. The van der Waals surface area contributed by atoms with Crippen LogP contribution in [-0.4, -0.2) is 31.0 Å². The predicted octanol–water partition coefficient (Wildman–Crippen LogP) is 4.75. The number of rotatable bonds is 6. The van der Waals surface area contributed by atoms with Crippen molar-refractivity contribution in [1.29, 1.82) is 0 Å². The highest BCUT2D eigenvalue weighted by Gasteiger charge is 2.25. The van der Waals surface area contributed by atoms with Gasteiger partial charge in [0.05, 0.1) is 18.1 Å². The maximum atomic E-state index is 13.7. The lowest BCUT2D eigenvalue weighted by molar-refractivity contribution is 0.0602. The van der Waals surface area contributed by atoms with Crippen molar-refractivity contribution in [3.05, 3.63) is 64.9 Å². The molecule has 4 aromatic rings. The molecule has 0 aliphatic heterocycles. The van der Waals surface area contributed by atoms with E-state index in [-0.39, 0.29) is 21.3 Å². The number of sulfonamides is 1. The molecule has 2 heterocycles. The normalized spacial score (nSPS) is 11.7. The summed E-state index contributed by atoms with van der Waals surface area (Å²) in [5.41, 5.74) is 1.32. The van der Waals surface area contributed by atoms with Crippen molar-refractivity contribution in [2.75, 3.05) is 11.8 Å². The number of fused-ring (bicyclic) bond motifs is 1. The second-order valence-corrected chi connectivity index (χ2v) is 8.93. The van der Waals surface area contributed by atoms with Gasteiger partial charge in [0, 0.05) is 11.3 Å². The van der Waals surface area contributed by atoms with Gasteiger partial charge in [-0.15, -0.1) is 11.3 Å². The molecule has 0 fully saturated rings. The molecular weight excluding hydrogens is 448 g/mol. The highest BCUT2D eigenvalue weighted by molar-refractivity contribution is 7.93. The third kappa shape index (κ3) is 3.89. The highest BCUT2D eigenvalue weighted by Crippen LogP contribution is 2.31. The number of hydrogen-bond donors (Lipinski definition) is 1. The number of nitrogens with one attached hydrogen (secondary N) is 1. The van der Waals surface area contributed by atoms with Crippen LogP contribution in [-0.2, 0) is 14.8 Å². The molecule has 1 N–H and O–H groups in total. The first-order valence-electron chi connectivity index (χ1n) is 8.86. The number of halogens is 2. The Labute approximate surface area is 180 Å². The maximum Gasteiger partial charge on any atom is 0.349 e. The number of hydrogen-bond acceptors (Lipinski definition) is 6. The number of nitrogens with zero attached hydrogens (tertiary/aromatic N) is 2. The van der Waals surface area contributed by atoms with E-state index in [0.717, 1.165) is 23.0 Å². The topological polar surface area (TPSA) is 90.3 Å². The van der Waals surface area contributed by atoms with Crippen molar-refractivity contribution in [3.63, 3.8) is 0 Å². The zero-order valence-corrected chi connectivity index (χ0v) is 17.6. The van der Waals surface area contributed by atoms with Crippen molar-refractivity contribution in [1.82, 2.24) is 9.55 Å². The molecule has 2 aromatic heterocycles. The second-order valence-electron chi connectivity index (χ2n) is 6.36. The summed E-state index contributed by atoms with van der Waals surface area (Å²) >= 11 is 0.950. The van der Waals surface area contributed by atoms with E-state index >= 15 is 0 Å². The van der Waals surface area contributed by atoms with E-state index in [0.29, 0.717) is 16.6 Å². The fourth-order valence-electron chi connectivity index (χ4n) is 3.09. The number of ether oxygens (including phenoxy) is 1. The van der Waals surface area contributed by atoms with Gasteiger partial charge in [0.2, 0.25) is 0 Å². The molecule has 0 aliphatic carbocycles. The number of para-hydroxylation sites is 2. The summed E-state index contributed by atoms with van der Waals surface area (Å²) in [6, 6.07) is 13.7. The Hall–Kier alpha value is -3.31. The van der Waals surface area contributed by atoms with Crippen LogP contribution >= 0.6 is 11.3 Å². The summed E-state index contributed by atoms with van der Waals surface area (Å²) < 4.78 is 60.5. The van der Waals surface area contributed by atoms with E-state index in [9.17, 15) is 22.0 Å². The Kier molecular flexibility index (Phi) is 5.46. The third-order valence-electron chi connectivity index (χ3n) is 4.48. The number of imidazole rings is 1. The number of anilines is 1. The summed E-state index contributed by atoms with van der Waals surface area (Å²) in [6.07, 6.45) is 0. The number of alkyl halides is 2. The smallest absolute Gasteiger partial charge is 0.349 e. The zero-order chi connectivity index (χ0) is 22.2. The van der Waals surface area contributed by atoms with E-state index in [4.69, 9.17) is 0 Å². The van der Waals surface area contributed by atoms with E-state index in [1.807, 2.05) is 0 Å². The lowest BCUT2D eigenvalue weighted by Gasteiger charge is -2.10. The first kappa shape index (κ1) is 20.9. The van der Waals surface area contributed by atoms with Gasteiger partial charge >= 0.3 is 12.5 Å². The number of thiophene rings is 1. The molecule has 11 heteroatoms. The molecule has 0 spiro atoms. The van der Waals surface area contributed by atoms with Gasteiger partial charge in [-0.3, -0.25) is 9.29 Å². The molecule has 0 amide bonds. The van der Waals surface area contributed by atoms with Gasteiger partial charge in [0.25, 0.3) is 10.0 Å². The molecule has 31 heavy (non-hydrogen) atoms. The van der Waals surface area contributed by atoms with Crippen LogP contribution in [0.3, 0.4) is 0 Å². The molecule has 0 aliphatic rings. The number of benzene rings is 2. The zero-order valence-electron chi connectivity index (χ0n) is 16.0. The molecule has 7 nitrogen and oxygen atoms in total. The van der Waals surface area contributed by atoms with Crippen molar-refractivity contribution in [2.24, 2.45) is 0 Å². The van der Waals surface area contributed by atoms with Gasteiger partial charge in [0.1, 0.15) is 15.6 Å². The maximum absolute atomic E-state index is 13.7. The Morgan fingerprint density at radius 1 is 1.13 bits per heavy atom. The number of carbonyl (C=O) groups is 1. The Morgan fingerprint density at radius 2 is 1.84 bits per heavy atom.